The predicted octanol–water partition coefficient (Wildman–Crippen LogP) is 3.02. The van der Waals surface area contributed by atoms with Crippen LogP contribution in [0.4, 0.5) is 4.39 Å². The van der Waals surface area contributed by atoms with E-state index in [2.05, 4.69) is 19.2 Å². The van der Waals surface area contributed by atoms with Crippen molar-refractivity contribution < 1.29 is 9.18 Å². The highest BCUT2D eigenvalue weighted by Gasteiger charge is 2.07. The Morgan fingerprint density at radius 1 is 1.39 bits per heavy atom. The van der Waals surface area contributed by atoms with E-state index in [0.29, 0.717) is 18.9 Å². The first-order valence-corrected chi connectivity index (χ1v) is 6.49. The molecule has 0 unspecified atom stereocenters. The molecule has 1 aromatic rings. The van der Waals surface area contributed by atoms with Crippen molar-refractivity contribution in [2.45, 2.75) is 46.1 Å². The van der Waals surface area contributed by atoms with E-state index in [4.69, 9.17) is 0 Å². The van der Waals surface area contributed by atoms with E-state index in [0.717, 1.165) is 24.1 Å². The normalized spacial score (nSPS) is 10.9. The maximum absolute atomic E-state index is 13.1. The second-order valence-corrected chi connectivity index (χ2v) is 5.00. The van der Waals surface area contributed by atoms with Crippen molar-refractivity contribution in [3.8, 4) is 0 Å². The van der Waals surface area contributed by atoms with Crippen LogP contribution in [0, 0.1) is 12.7 Å². The minimum Gasteiger partial charge on any atom is -0.315 e. The van der Waals surface area contributed by atoms with Gasteiger partial charge in [-0.25, -0.2) is 4.39 Å². The summed E-state index contributed by atoms with van der Waals surface area (Å²) in [5.74, 6) is -0.0980. The van der Waals surface area contributed by atoms with Crippen LogP contribution in [-0.4, -0.2) is 18.4 Å². The molecule has 0 saturated carbocycles. The maximum atomic E-state index is 13.1. The smallest absolute Gasteiger partial charge is 0.137 e. The van der Waals surface area contributed by atoms with Gasteiger partial charge in [0.15, 0.2) is 0 Å². The van der Waals surface area contributed by atoms with Crippen LogP contribution < -0.4 is 5.32 Å². The van der Waals surface area contributed by atoms with Crippen molar-refractivity contribution in [1.29, 1.82) is 0 Å². The summed E-state index contributed by atoms with van der Waals surface area (Å²) >= 11 is 0. The molecule has 1 N–H and O–H groups in total. The van der Waals surface area contributed by atoms with Gasteiger partial charge in [-0.1, -0.05) is 19.9 Å². The lowest BCUT2D eigenvalue weighted by Gasteiger charge is -2.08. The lowest BCUT2D eigenvalue weighted by molar-refractivity contribution is -0.118. The first-order valence-electron chi connectivity index (χ1n) is 6.49. The van der Waals surface area contributed by atoms with E-state index in [-0.39, 0.29) is 11.6 Å². The molecule has 0 atom stereocenters. The van der Waals surface area contributed by atoms with Gasteiger partial charge >= 0.3 is 0 Å². The standard InChI is InChI=1S/C15H22FNO/c1-11(2)17-8-4-5-15(18)10-13-9-14(16)7-6-12(13)3/h6-7,9,11,17H,4-5,8,10H2,1-3H3. The lowest BCUT2D eigenvalue weighted by atomic mass is 10.0. The van der Waals surface area contributed by atoms with Crippen LogP contribution in [0.2, 0.25) is 0 Å². The molecule has 100 valence electrons. The lowest BCUT2D eigenvalue weighted by Crippen LogP contribution is -2.24. The van der Waals surface area contributed by atoms with Crippen molar-refractivity contribution in [2.75, 3.05) is 6.54 Å². The second kappa shape index (κ2) is 7.27. The number of ketones is 1. The van der Waals surface area contributed by atoms with E-state index in [9.17, 15) is 9.18 Å². The molecule has 1 rings (SSSR count). The molecule has 0 aliphatic heterocycles. The maximum Gasteiger partial charge on any atom is 0.137 e. The molecule has 0 spiro atoms. The Morgan fingerprint density at radius 2 is 2.11 bits per heavy atom. The molecule has 0 heterocycles. The topological polar surface area (TPSA) is 29.1 Å². The fraction of sp³-hybridized carbons (Fsp3) is 0.533. The molecule has 0 fully saturated rings. The number of carbonyl (C=O) groups is 1. The average Bonchev–Trinajstić information content (AvgIpc) is 2.29. The van der Waals surface area contributed by atoms with Crippen molar-refractivity contribution >= 4 is 5.78 Å². The largest absolute Gasteiger partial charge is 0.315 e. The minimum atomic E-state index is -0.273. The molecule has 0 saturated heterocycles. The van der Waals surface area contributed by atoms with Gasteiger partial charge in [-0.2, -0.15) is 0 Å². The number of nitrogens with one attached hydrogen (secondary N) is 1. The molecule has 3 heteroatoms. The van der Waals surface area contributed by atoms with Gasteiger partial charge in [0.1, 0.15) is 11.6 Å². The average molecular weight is 251 g/mol. The van der Waals surface area contributed by atoms with E-state index >= 15 is 0 Å². The molecule has 18 heavy (non-hydrogen) atoms. The monoisotopic (exact) mass is 251 g/mol. The van der Waals surface area contributed by atoms with Crippen molar-refractivity contribution in [3.05, 3.63) is 35.1 Å². The zero-order chi connectivity index (χ0) is 13.5. The van der Waals surface area contributed by atoms with Gasteiger partial charge in [-0.3, -0.25) is 4.79 Å². The SMILES string of the molecule is Cc1ccc(F)cc1CC(=O)CCCNC(C)C. The Balaban J connectivity index is 2.38. The highest BCUT2D eigenvalue weighted by Crippen LogP contribution is 2.12. The summed E-state index contributed by atoms with van der Waals surface area (Å²) in [5.41, 5.74) is 1.78. The number of hydrogen-bond acceptors (Lipinski definition) is 2. The first-order chi connectivity index (χ1) is 8.49. The molecule has 0 aliphatic rings. The fourth-order valence-electron chi connectivity index (χ4n) is 1.81. The summed E-state index contributed by atoms with van der Waals surface area (Å²) in [6, 6.07) is 5.05. The summed E-state index contributed by atoms with van der Waals surface area (Å²) < 4.78 is 13.1. The van der Waals surface area contributed by atoms with Crippen molar-refractivity contribution in [2.24, 2.45) is 0 Å². The Hall–Kier alpha value is -1.22. The third-order valence-corrected chi connectivity index (χ3v) is 2.88. The summed E-state index contributed by atoms with van der Waals surface area (Å²) in [6.45, 7) is 6.92. The Kier molecular flexibility index (Phi) is 5.99. The van der Waals surface area contributed by atoms with Gasteiger partial charge in [0, 0.05) is 18.9 Å². The first kappa shape index (κ1) is 14.8. The van der Waals surface area contributed by atoms with Crippen LogP contribution >= 0.6 is 0 Å². The third kappa shape index (κ3) is 5.41. The van der Waals surface area contributed by atoms with Gasteiger partial charge in [0.2, 0.25) is 0 Å². The summed E-state index contributed by atoms with van der Waals surface area (Å²) in [4.78, 5) is 11.8. The van der Waals surface area contributed by atoms with Gasteiger partial charge in [0.25, 0.3) is 0 Å². The molecule has 0 amide bonds. The third-order valence-electron chi connectivity index (χ3n) is 2.88. The van der Waals surface area contributed by atoms with Gasteiger partial charge in [-0.05, 0) is 43.1 Å². The van der Waals surface area contributed by atoms with Gasteiger partial charge < -0.3 is 5.32 Å². The van der Waals surface area contributed by atoms with Crippen LogP contribution in [0.25, 0.3) is 0 Å². The number of hydrogen-bond donors (Lipinski definition) is 1. The number of rotatable bonds is 7. The number of aryl methyl sites for hydroxylation is 1. The number of benzene rings is 1. The fourth-order valence-corrected chi connectivity index (χ4v) is 1.81. The molecular formula is C15H22FNO. The Morgan fingerprint density at radius 3 is 2.78 bits per heavy atom. The van der Waals surface area contributed by atoms with E-state index in [1.165, 1.54) is 12.1 Å². The molecule has 0 aromatic heterocycles. The van der Waals surface area contributed by atoms with Crippen molar-refractivity contribution in [3.63, 3.8) is 0 Å². The van der Waals surface area contributed by atoms with Crippen molar-refractivity contribution in [1.82, 2.24) is 5.32 Å². The quantitative estimate of drug-likeness (QED) is 0.755. The summed E-state index contributed by atoms with van der Waals surface area (Å²) in [6.07, 6.45) is 1.73. The van der Waals surface area contributed by atoms with Crippen LogP contribution in [0.1, 0.15) is 37.8 Å². The van der Waals surface area contributed by atoms with Gasteiger partial charge in [0.05, 0.1) is 0 Å². The summed E-state index contributed by atoms with van der Waals surface area (Å²) in [7, 11) is 0. The highest BCUT2D eigenvalue weighted by molar-refractivity contribution is 5.81. The van der Waals surface area contributed by atoms with E-state index in [1.807, 2.05) is 6.92 Å². The zero-order valence-electron chi connectivity index (χ0n) is 11.4. The van der Waals surface area contributed by atoms with E-state index in [1.54, 1.807) is 6.07 Å². The van der Waals surface area contributed by atoms with Crippen LogP contribution in [0.3, 0.4) is 0 Å². The number of halogens is 1. The zero-order valence-corrected chi connectivity index (χ0v) is 11.4. The molecule has 0 radical (unpaired) electrons. The summed E-state index contributed by atoms with van der Waals surface area (Å²) in [5, 5.41) is 3.27. The molecule has 0 aliphatic carbocycles. The minimum absolute atomic E-state index is 0.175. The Labute approximate surface area is 109 Å². The van der Waals surface area contributed by atoms with Gasteiger partial charge in [-0.15, -0.1) is 0 Å². The molecular weight excluding hydrogens is 229 g/mol. The predicted molar refractivity (Wildman–Crippen MR) is 72.2 cm³/mol. The Bertz CT molecular complexity index is 401. The van der Waals surface area contributed by atoms with E-state index < -0.39 is 0 Å². The molecule has 0 bridgehead atoms. The second-order valence-electron chi connectivity index (χ2n) is 5.00. The van der Waals surface area contributed by atoms with Crippen LogP contribution in [0.15, 0.2) is 18.2 Å². The van der Waals surface area contributed by atoms with Crippen LogP contribution in [-0.2, 0) is 11.2 Å². The molecule has 1 aromatic carbocycles. The highest BCUT2D eigenvalue weighted by atomic mass is 19.1. The van der Waals surface area contributed by atoms with Crippen LogP contribution in [0.5, 0.6) is 0 Å². The molecule has 2 nitrogen and oxygen atoms in total. The number of Topliss-reactive ketones (excluding diaryl/α,β-unsaturated/α-hetero) is 1. The number of carbonyl (C=O) groups excluding carboxylic acids is 1.